The normalized spacial score (nSPS) is 21.8. The van der Waals surface area contributed by atoms with Crippen LogP contribution >= 0.6 is 11.3 Å². The van der Waals surface area contributed by atoms with Crippen molar-refractivity contribution >= 4 is 11.3 Å². The first kappa shape index (κ1) is 14.9. The summed E-state index contributed by atoms with van der Waals surface area (Å²) < 4.78 is 0. The molecule has 1 atom stereocenters. The molecule has 0 radical (unpaired) electrons. The van der Waals surface area contributed by atoms with Gasteiger partial charge in [0.05, 0.1) is 21.2 Å². The summed E-state index contributed by atoms with van der Waals surface area (Å²) in [5.41, 5.74) is 0.221. The third kappa shape index (κ3) is 4.01. The van der Waals surface area contributed by atoms with Crippen LogP contribution in [-0.4, -0.2) is 34.6 Å². The zero-order chi connectivity index (χ0) is 14.0. The molecular formula is C15H26N2OS. The number of nitrogens with zero attached hydrogens (tertiary/aromatic N) is 2. The van der Waals surface area contributed by atoms with E-state index in [4.69, 9.17) is 0 Å². The molecule has 1 aliphatic rings. The SMILES string of the molecule is Cc1nc(CCN2CCCC(C)C2)sc1C(C)(C)O. The highest BCUT2D eigenvalue weighted by Crippen LogP contribution is 2.29. The second-order valence-corrected chi connectivity index (χ2v) is 7.46. The highest BCUT2D eigenvalue weighted by molar-refractivity contribution is 7.11. The van der Waals surface area contributed by atoms with Crippen molar-refractivity contribution in [2.24, 2.45) is 5.92 Å². The largest absolute Gasteiger partial charge is 0.385 e. The van der Waals surface area contributed by atoms with Crippen molar-refractivity contribution in [1.29, 1.82) is 0 Å². The molecule has 2 rings (SSSR count). The maximum absolute atomic E-state index is 10.1. The van der Waals surface area contributed by atoms with Crippen LogP contribution < -0.4 is 0 Å². The molecule has 0 bridgehead atoms. The summed E-state index contributed by atoms with van der Waals surface area (Å²) in [6.45, 7) is 11.6. The number of likely N-dealkylation sites (tertiary alicyclic amines) is 1. The lowest BCUT2D eigenvalue weighted by atomic mass is 10.0. The van der Waals surface area contributed by atoms with Gasteiger partial charge >= 0.3 is 0 Å². The predicted octanol–water partition coefficient (Wildman–Crippen LogP) is 2.95. The van der Waals surface area contributed by atoms with E-state index >= 15 is 0 Å². The molecule has 1 aromatic heterocycles. The van der Waals surface area contributed by atoms with E-state index in [1.807, 2.05) is 20.8 Å². The maximum Gasteiger partial charge on any atom is 0.0950 e. The molecule has 0 amide bonds. The van der Waals surface area contributed by atoms with Crippen molar-refractivity contribution in [3.05, 3.63) is 15.6 Å². The Morgan fingerprint density at radius 3 is 2.79 bits per heavy atom. The Morgan fingerprint density at radius 2 is 2.21 bits per heavy atom. The van der Waals surface area contributed by atoms with Crippen LogP contribution in [-0.2, 0) is 12.0 Å². The van der Waals surface area contributed by atoms with Crippen molar-refractivity contribution in [2.75, 3.05) is 19.6 Å². The van der Waals surface area contributed by atoms with Gasteiger partial charge in [-0.05, 0) is 46.1 Å². The Hall–Kier alpha value is -0.450. The van der Waals surface area contributed by atoms with Crippen molar-refractivity contribution in [3.63, 3.8) is 0 Å². The number of rotatable bonds is 4. The molecule has 0 saturated carbocycles. The maximum atomic E-state index is 10.1. The molecular weight excluding hydrogens is 256 g/mol. The van der Waals surface area contributed by atoms with Crippen LogP contribution in [0.15, 0.2) is 0 Å². The van der Waals surface area contributed by atoms with Gasteiger partial charge in [-0.15, -0.1) is 11.3 Å². The zero-order valence-electron chi connectivity index (χ0n) is 12.6. The minimum atomic E-state index is -0.764. The Labute approximate surface area is 120 Å². The fraction of sp³-hybridized carbons (Fsp3) is 0.800. The van der Waals surface area contributed by atoms with Crippen LogP contribution in [0.3, 0.4) is 0 Å². The van der Waals surface area contributed by atoms with Crippen LogP contribution in [0, 0.1) is 12.8 Å². The fourth-order valence-electron chi connectivity index (χ4n) is 2.87. The van der Waals surface area contributed by atoms with E-state index in [2.05, 4.69) is 16.8 Å². The Morgan fingerprint density at radius 1 is 1.47 bits per heavy atom. The average molecular weight is 282 g/mol. The van der Waals surface area contributed by atoms with Gasteiger partial charge in [0, 0.05) is 19.5 Å². The Balaban J connectivity index is 1.93. The molecule has 1 fully saturated rings. The van der Waals surface area contributed by atoms with Gasteiger partial charge in [-0.25, -0.2) is 4.98 Å². The van der Waals surface area contributed by atoms with E-state index in [0.29, 0.717) is 0 Å². The van der Waals surface area contributed by atoms with Gasteiger partial charge < -0.3 is 10.0 Å². The highest BCUT2D eigenvalue weighted by Gasteiger charge is 2.23. The first-order valence-electron chi connectivity index (χ1n) is 7.28. The predicted molar refractivity (Wildman–Crippen MR) is 80.6 cm³/mol. The summed E-state index contributed by atoms with van der Waals surface area (Å²) in [5.74, 6) is 0.832. The molecule has 0 aromatic carbocycles. The van der Waals surface area contributed by atoms with E-state index < -0.39 is 5.60 Å². The van der Waals surface area contributed by atoms with Gasteiger partial charge in [-0.1, -0.05) is 6.92 Å². The third-order valence-electron chi connectivity index (χ3n) is 3.78. The summed E-state index contributed by atoms with van der Waals surface area (Å²) in [6, 6.07) is 0. The lowest BCUT2D eigenvalue weighted by Crippen LogP contribution is -2.35. The number of piperidine rings is 1. The van der Waals surface area contributed by atoms with E-state index in [1.54, 1.807) is 11.3 Å². The van der Waals surface area contributed by atoms with Crippen molar-refractivity contribution in [3.8, 4) is 0 Å². The monoisotopic (exact) mass is 282 g/mol. The molecule has 0 spiro atoms. The van der Waals surface area contributed by atoms with E-state index in [-0.39, 0.29) is 0 Å². The van der Waals surface area contributed by atoms with Gasteiger partial charge in [-0.3, -0.25) is 0 Å². The van der Waals surface area contributed by atoms with Gasteiger partial charge in [0.2, 0.25) is 0 Å². The van der Waals surface area contributed by atoms with Crippen LogP contribution in [0.4, 0.5) is 0 Å². The number of hydrogen-bond acceptors (Lipinski definition) is 4. The van der Waals surface area contributed by atoms with E-state index in [9.17, 15) is 5.11 Å². The molecule has 0 aliphatic carbocycles. The van der Waals surface area contributed by atoms with Crippen LogP contribution in [0.1, 0.15) is 49.2 Å². The average Bonchev–Trinajstić information content (AvgIpc) is 2.68. The van der Waals surface area contributed by atoms with Gasteiger partial charge in [0.15, 0.2) is 0 Å². The lowest BCUT2D eigenvalue weighted by Gasteiger charge is -2.30. The number of hydrogen-bond donors (Lipinski definition) is 1. The smallest absolute Gasteiger partial charge is 0.0950 e. The Kier molecular flexibility index (Phi) is 4.64. The third-order valence-corrected chi connectivity index (χ3v) is 5.31. The van der Waals surface area contributed by atoms with Gasteiger partial charge in [-0.2, -0.15) is 0 Å². The molecule has 1 aliphatic heterocycles. The molecule has 3 nitrogen and oxygen atoms in total. The van der Waals surface area contributed by atoms with E-state index in [1.165, 1.54) is 25.9 Å². The topological polar surface area (TPSA) is 36.4 Å². The second-order valence-electron chi connectivity index (χ2n) is 6.38. The fourth-order valence-corrected chi connectivity index (χ4v) is 3.93. The van der Waals surface area contributed by atoms with Crippen molar-refractivity contribution < 1.29 is 5.11 Å². The molecule has 1 saturated heterocycles. The Bertz CT molecular complexity index is 422. The van der Waals surface area contributed by atoms with Crippen molar-refractivity contribution in [2.45, 2.75) is 52.6 Å². The summed E-state index contributed by atoms with van der Waals surface area (Å²) in [6.07, 6.45) is 3.71. The molecule has 108 valence electrons. The number of aliphatic hydroxyl groups is 1. The van der Waals surface area contributed by atoms with Gasteiger partial charge in [0.1, 0.15) is 0 Å². The first-order valence-corrected chi connectivity index (χ1v) is 8.09. The van der Waals surface area contributed by atoms with Crippen LogP contribution in [0.2, 0.25) is 0 Å². The molecule has 2 heterocycles. The highest BCUT2D eigenvalue weighted by atomic mass is 32.1. The summed E-state index contributed by atoms with van der Waals surface area (Å²) in [4.78, 5) is 8.17. The standard InChI is InChI=1S/C15H26N2OS/c1-11-6-5-8-17(10-11)9-7-13-16-12(2)14(19-13)15(3,4)18/h11,18H,5-10H2,1-4H3. The summed E-state index contributed by atoms with van der Waals surface area (Å²) in [5, 5.41) is 11.3. The minimum absolute atomic E-state index is 0.764. The molecule has 19 heavy (non-hydrogen) atoms. The number of aryl methyl sites for hydroxylation is 1. The number of aromatic nitrogens is 1. The number of thiazole rings is 1. The quantitative estimate of drug-likeness (QED) is 0.922. The van der Waals surface area contributed by atoms with Crippen molar-refractivity contribution in [1.82, 2.24) is 9.88 Å². The minimum Gasteiger partial charge on any atom is -0.385 e. The molecule has 1 aromatic rings. The summed E-state index contributed by atoms with van der Waals surface area (Å²) >= 11 is 1.67. The molecule has 1 N–H and O–H groups in total. The van der Waals surface area contributed by atoms with Crippen LogP contribution in [0.5, 0.6) is 0 Å². The summed E-state index contributed by atoms with van der Waals surface area (Å²) in [7, 11) is 0. The lowest BCUT2D eigenvalue weighted by molar-refractivity contribution is 0.0817. The molecule has 4 heteroatoms. The van der Waals surface area contributed by atoms with E-state index in [0.717, 1.165) is 34.5 Å². The second kappa shape index (κ2) is 5.90. The first-order chi connectivity index (χ1) is 8.86. The molecule has 1 unspecified atom stereocenters. The van der Waals surface area contributed by atoms with Crippen LogP contribution in [0.25, 0.3) is 0 Å². The zero-order valence-corrected chi connectivity index (χ0v) is 13.4. The van der Waals surface area contributed by atoms with Gasteiger partial charge in [0.25, 0.3) is 0 Å².